The third-order valence-corrected chi connectivity index (χ3v) is 5.03. The van der Waals surface area contributed by atoms with Gasteiger partial charge in [-0.25, -0.2) is 4.68 Å². The number of rotatable bonds is 3. The number of amides is 2. The summed E-state index contributed by atoms with van der Waals surface area (Å²) < 4.78 is 6.97. The molecule has 1 saturated carbocycles. The minimum Gasteiger partial charge on any atom is -0.378 e. The van der Waals surface area contributed by atoms with Crippen molar-refractivity contribution in [3.8, 4) is 0 Å². The first kappa shape index (κ1) is 14.6. The monoisotopic (exact) mass is 319 g/mol. The quantitative estimate of drug-likeness (QED) is 0.779. The summed E-state index contributed by atoms with van der Waals surface area (Å²) >= 11 is 0. The Bertz CT molecular complexity index is 600. The van der Waals surface area contributed by atoms with Crippen LogP contribution in [0.25, 0.3) is 0 Å². The fourth-order valence-electron chi connectivity index (χ4n) is 3.20. The third kappa shape index (κ3) is 2.71. The topological polar surface area (TPSA) is 80.6 Å². The van der Waals surface area contributed by atoms with Crippen molar-refractivity contribution in [1.29, 1.82) is 0 Å². The molecule has 0 radical (unpaired) electrons. The van der Waals surface area contributed by atoms with Gasteiger partial charge in [0.1, 0.15) is 0 Å². The second-order valence-electron chi connectivity index (χ2n) is 6.51. The van der Waals surface area contributed by atoms with Crippen molar-refractivity contribution in [2.24, 2.45) is 5.92 Å². The van der Waals surface area contributed by atoms with Crippen molar-refractivity contribution >= 4 is 11.8 Å². The minimum absolute atomic E-state index is 0.0960. The minimum atomic E-state index is -0.0960. The van der Waals surface area contributed by atoms with Crippen LogP contribution in [0.15, 0.2) is 6.20 Å². The van der Waals surface area contributed by atoms with E-state index in [1.807, 2.05) is 4.90 Å². The fraction of sp³-hybridized carbons (Fsp3) is 0.733. The highest BCUT2D eigenvalue weighted by Gasteiger charge is 2.38. The number of likely N-dealkylation sites (tertiary alicyclic amines) is 1. The molecule has 0 aromatic carbocycles. The van der Waals surface area contributed by atoms with Gasteiger partial charge in [0, 0.05) is 32.1 Å². The molecule has 3 aliphatic rings. The molecule has 1 aliphatic carbocycles. The second kappa shape index (κ2) is 5.92. The number of nitrogens with zero attached hydrogens (tertiary/aromatic N) is 5. The molecule has 2 saturated heterocycles. The van der Waals surface area contributed by atoms with E-state index in [0.717, 1.165) is 12.8 Å². The molecule has 8 nitrogen and oxygen atoms in total. The molecule has 4 rings (SSSR count). The van der Waals surface area contributed by atoms with Crippen LogP contribution in [-0.4, -0.2) is 76.0 Å². The number of ether oxygens (including phenoxy) is 1. The Morgan fingerprint density at radius 3 is 2.52 bits per heavy atom. The van der Waals surface area contributed by atoms with Crippen LogP contribution in [0.3, 0.4) is 0 Å². The highest BCUT2D eigenvalue weighted by Crippen LogP contribution is 2.31. The van der Waals surface area contributed by atoms with Gasteiger partial charge in [-0.1, -0.05) is 11.6 Å². The maximum Gasteiger partial charge on any atom is 0.276 e. The Labute approximate surface area is 134 Å². The first-order valence-corrected chi connectivity index (χ1v) is 8.30. The maximum atomic E-state index is 12.3. The van der Waals surface area contributed by atoms with Crippen LogP contribution in [0.4, 0.5) is 0 Å². The van der Waals surface area contributed by atoms with E-state index in [0.29, 0.717) is 45.1 Å². The first-order chi connectivity index (χ1) is 11.2. The van der Waals surface area contributed by atoms with Crippen molar-refractivity contribution in [2.45, 2.75) is 25.3 Å². The van der Waals surface area contributed by atoms with Crippen molar-refractivity contribution in [3.05, 3.63) is 11.9 Å². The molecule has 2 aliphatic heterocycles. The van der Waals surface area contributed by atoms with Gasteiger partial charge < -0.3 is 14.5 Å². The van der Waals surface area contributed by atoms with Crippen molar-refractivity contribution in [2.75, 3.05) is 39.4 Å². The van der Waals surface area contributed by atoms with Crippen LogP contribution in [0, 0.1) is 5.92 Å². The van der Waals surface area contributed by atoms with E-state index < -0.39 is 0 Å². The van der Waals surface area contributed by atoms with Gasteiger partial charge >= 0.3 is 0 Å². The van der Waals surface area contributed by atoms with Gasteiger partial charge in [-0.3, -0.25) is 9.59 Å². The molecule has 2 amide bonds. The van der Waals surface area contributed by atoms with E-state index >= 15 is 0 Å². The molecule has 1 aromatic heterocycles. The second-order valence-corrected chi connectivity index (χ2v) is 6.51. The highest BCUT2D eigenvalue weighted by molar-refractivity contribution is 5.92. The maximum absolute atomic E-state index is 12.3. The zero-order valence-electron chi connectivity index (χ0n) is 13.1. The SMILES string of the molecule is O=C(c1cn(C2CN(C(=O)C3CCC3)C2)nn1)N1CCOCC1. The van der Waals surface area contributed by atoms with Crippen LogP contribution in [0.2, 0.25) is 0 Å². The summed E-state index contributed by atoms with van der Waals surface area (Å²) in [4.78, 5) is 28.1. The van der Waals surface area contributed by atoms with E-state index in [-0.39, 0.29) is 23.8 Å². The van der Waals surface area contributed by atoms with Gasteiger partial charge in [0.2, 0.25) is 5.91 Å². The predicted octanol–water partition coefficient (Wildman–Crippen LogP) is -0.0661. The number of carbonyl (C=O) groups is 2. The molecule has 0 bridgehead atoms. The summed E-state index contributed by atoms with van der Waals surface area (Å²) in [5.74, 6) is 0.420. The number of hydrogen-bond acceptors (Lipinski definition) is 5. The molecular weight excluding hydrogens is 298 g/mol. The van der Waals surface area contributed by atoms with E-state index in [1.165, 1.54) is 6.42 Å². The van der Waals surface area contributed by atoms with E-state index in [9.17, 15) is 9.59 Å². The predicted molar refractivity (Wildman–Crippen MR) is 79.7 cm³/mol. The Morgan fingerprint density at radius 1 is 1.13 bits per heavy atom. The molecule has 3 heterocycles. The standard InChI is InChI=1S/C15H21N5O3/c21-14(11-2-1-3-11)19-8-12(9-19)20-10-13(16-17-20)15(22)18-4-6-23-7-5-18/h10-12H,1-9H2. The molecule has 3 fully saturated rings. The lowest BCUT2D eigenvalue weighted by molar-refractivity contribution is -0.144. The molecule has 0 N–H and O–H groups in total. The number of morpholine rings is 1. The summed E-state index contributed by atoms with van der Waals surface area (Å²) in [6.07, 6.45) is 4.93. The van der Waals surface area contributed by atoms with Crippen LogP contribution in [0.5, 0.6) is 0 Å². The number of hydrogen-bond donors (Lipinski definition) is 0. The lowest BCUT2D eigenvalue weighted by Crippen LogP contribution is -2.53. The summed E-state index contributed by atoms with van der Waals surface area (Å²) in [7, 11) is 0. The van der Waals surface area contributed by atoms with Crippen molar-refractivity contribution in [3.63, 3.8) is 0 Å². The Kier molecular flexibility index (Phi) is 3.76. The van der Waals surface area contributed by atoms with Gasteiger partial charge in [-0.2, -0.15) is 0 Å². The van der Waals surface area contributed by atoms with Crippen molar-refractivity contribution < 1.29 is 14.3 Å². The summed E-state index contributed by atoms with van der Waals surface area (Å²) in [5.41, 5.74) is 0.371. The smallest absolute Gasteiger partial charge is 0.276 e. The van der Waals surface area contributed by atoms with E-state index in [1.54, 1.807) is 15.8 Å². The fourth-order valence-corrected chi connectivity index (χ4v) is 3.20. The Hall–Kier alpha value is -1.96. The normalized spacial score (nSPS) is 22.6. The summed E-state index contributed by atoms with van der Waals surface area (Å²) in [6, 6.07) is 0.137. The average Bonchev–Trinajstić information content (AvgIpc) is 2.93. The van der Waals surface area contributed by atoms with Gasteiger partial charge in [-0.05, 0) is 12.8 Å². The van der Waals surface area contributed by atoms with Crippen LogP contribution in [0.1, 0.15) is 35.8 Å². The lowest BCUT2D eigenvalue weighted by Gasteiger charge is -2.42. The molecular formula is C15H21N5O3. The van der Waals surface area contributed by atoms with Gasteiger partial charge in [0.05, 0.1) is 25.5 Å². The zero-order valence-corrected chi connectivity index (χ0v) is 13.1. The average molecular weight is 319 g/mol. The highest BCUT2D eigenvalue weighted by atomic mass is 16.5. The van der Waals surface area contributed by atoms with Crippen LogP contribution >= 0.6 is 0 Å². The van der Waals surface area contributed by atoms with Crippen LogP contribution < -0.4 is 0 Å². The molecule has 0 unspecified atom stereocenters. The molecule has 0 spiro atoms. The molecule has 8 heteroatoms. The molecule has 0 atom stereocenters. The van der Waals surface area contributed by atoms with Gasteiger partial charge in [-0.15, -0.1) is 5.10 Å². The lowest BCUT2D eigenvalue weighted by atomic mass is 9.83. The Balaban J connectivity index is 1.33. The molecule has 23 heavy (non-hydrogen) atoms. The third-order valence-electron chi connectivity index (χ3n) is 5.03. The van der Waals surface area contributed by atoms with Gasteiger partial charge in [0.25, 0.3) is 5.91 Å². The van der Waals surface area contributed by atoms with E-state index in [4.69, 9.17) is 4.74 Å². The summed E-state index contributed by atoms with van der Waals surface area (Å²) in [6.45, 7) is 3.67. The zero-order chi connectivity index (χ0) is 15.8. The van der Waals surface area contributed by atoms with Crippen LogP contribution in [-0.2, 0) is 9.53 Å². The largest absolute Gasteiger partial charge is 0.378 e. The molecule has 124 valence electrons. The van der Waals surface area contributed by atoms with E-state index in [2.05, 4.69) is 10.3 Å². The van der Waals surface area contributed by atoms with Gasteiger partial charge in [0.15, 0.2) is 5.69 Å². The number of carbonyl (C=O) groups excluding carboxylic acids is 2. The Morgan fingerprint density at radius 2 is 1.87 bits per heavy atom. The first-order valence-electron chi connectivity index (χ1n) is 8.30. The molecule has 1 aromatic rings. The van der Waals surface area contributed by atoms with Crippen molar-refractivity contribution in [1.82, 2.24) is 24.8 Å². The summed E-state index contributed by atoms with van der Waals surface area (Å²) in [5, 5.41) is 8.08. The number of aromatic nitrogens is 3.